The van der Waals surface area contributed by atoms with Crippen LogP contribution in [0.4, 0.5) is 0 Å². The van der Waals surface area contributed by atoms with Gasteiger partial charge in [0.25, 0.3) is 0 Å². The highest BCUT2D eigenvalue weighted by atomic mass is 79.9. The van der Waals surface area contributed by atoms with E-state index in [2.05, 4.69) is 77.6 Å². The number of hydrogen-bond donors (Lipinski definition) is 2. The fraction of sp³-hybridized carbons (Fsp3) is 0.333. The van der Waals surface area contributed by atoms with Crippen LogP contribution in [-0.4, -0.2) is 23.4 Å². The van der Waals surface area contributed by atoms with Crippen LogP contribution in [0, 0.1) is 0 Å². The Hall–Kier alpha value is -0.440. The van der Waals surface area contributed by atoms with Crippen molar-refractivity contribution in [2.75, 3.05) is 13.2 Å². The van der Waals surface area contributed by atoms with Gasteiger partial charge in [0.15, 0.2) is 0 Å². The molecule has 4 nitrogen and oxygen atoms in total. The van der Waals surface area contributed by atoms with Crippen molar-refractivity contribution in [3.8, 4) is 23.0 Å². The van der Waals surface area contributed by atoms with Crippen LogP contribution in [0.5, 0.6) is 23.0 Å². The molecule has 0 saturated heterocycles. The van der Waals surface area contributed by atoms with Crippen LogP contribution in [0.25, 0.3) is 0 Å². The van der Waals surface area contributed by atoms with Gasteiger partial charge < -0.3 is 19.7 Å². The molecule has 0 aliphatic carbocycles. The van der Waals surface area contributed by atoms with Crippen molar-refractivity contribution < 1.29 is 19.7 Å². The van der Waals surface area contributed by atoms with Crippen LogP contribution in [-0.2, 0) is 0 Å². The van der Waals surface area contributed by atoms with Gasteiger partial charge in [0.2, 0.25) is 0 Å². The molecule has 0 fully saturated rings. The van der Waals surface area contributed by atoms with E-state index in [1.807, 2.05) is 12.1 Å². The van der Waals surface area contributed by atoms with Gasteiger partial charge in [-0.3, -0.25) is 0 Å². The first-order chi connectivity index (χ1) is 12.3. The van der Waals surface area contributed by atoms with Crippen LogP contribution < -0.4 is 9.47 Å². The van der Waals surface area contributed by atoms with E-state index in [-0.39, 0.29) is 11.5 Å². The second-order valence-corrected chi connectivity index (χ2v) is 8.58. The van der Waals surface area contributed by atoms with Gasteiger partial charge in [0.05, 0.1) is 31.1 Å². The summed E-state index contributed by atoms with van der Waals surface area (Å²) in [5.74, 6) is 1.89. The summed E-state index contributed by atoms with van der Waals surface area (Å²) in [5.41, 5.74) is 0. The molecule has 26 heavy (non-hydrogen) atoms. The molecule has 0 amide bonds. The first-order valence-electron chi connectivity index (χ1n) is 7.91. The van der Waals surface area contributed by atoms with Gasteiger partial charge >= 0.3 is 0 Å². The van der Waals surface area contributed by atoms with Gasteiger partial charge in [-0.15, -0.1) is 0 Å². The van der Waals surface area contributed by atoms with Gasteiger partial charge in [-0.1, -0.05) is 13.8 Å². The summed E-state index contributed by atoms with van der Waals surface area (Å²) < 4.78 is 14.0. The highest BCUT2D eigenvalue weighted by Crippen LogP contribution is 2.36. The number of phenols is 2. The lowest BCUT2D eigenvalue weighted by Crippen LogP contribution is -1.99. The lowest BCUT2D eigenvalue weighted by Gasteiger charge is -2.11. The molecule has 2 aromatic carbocycles. The Morgan fingerprint density at radius 2 is 1.00 bits per heavy atom. The van der Waals surface area contributed by atoms with Gasteiger partial charge in [-0.25, -0.2) is 0 Å². The number of aromatic hydroxyl groups is 2. The maximum atomic E-state index is 9.04. The van der Waals surface area contributed by atoms with Crippen molar-refractivity contribution >= 4 is 63.7 Å². The Morgan fingerprint density at radius 1 is 0.654 bits per heavy atom. The Kier molecular flexibility index (Phi) is 11.0. The highest BCUT2D eigenvalue weighted by Gasteiger charge is 2.08. The molecule has 8 heteroatoms. The summed E-state index contributed by atoms with van der Waals surface area (Å²) in [6.07, 6.45) is 2.00. The van der Waals surface area contributed by atoms with Crippen molar-refractivity contribution in [3.05, 3.63) is 42.2 Å². The molecule has 0 saturated carbocycles. The molecule has 0 radical (unpaired) electrons. The third-order valence-corrected chi connectivity index (χ3v) is 5.44. The SMILES string of the molecule is CCCOc1cc(Br)c(OCCC)cc1Br.Oc1cc(Br)c(O)cc1Br. The third kappa shape index (κ3) is 7.66. The molecule has 0 heterocycles. The van der Waals surface area contributed by atoms with Gasteiger partial charge in [-0.05, 0) is 101 Å². The number of rotatable bonds is 6. The van der Waals surface area contributed by atoms with E-state index < -0.39 is 0 Å². The van der Waals surface area contributed by atoms with Gasteiger partial charge in [0, 0.05) is 0 Å². The lowest BCUT2D eigenvalue weighted by molar-refractivity contribution is 0.305. The van der Waals surface area contributed by atoms with Crippen molar-refractivity contribution in [2.45, 2.75) is 26.7 Å². The molecule has 0 bridgehead atoms. The number of ether oxygens (including phenoxy) is 2. The van der Waals surface area contributed by atoms with Crippen LogP contribution in [0.3, 0.4) is 0 Å². The van der Waals surface area contributed by atoms with Crippen molar-refractivity contribution in [3.63, 3.8) is 0 Å². The molecule has 0 atom stereocenters. The molecule has 0 unspecified atom stereocenters. The van der Waals surface area contributed by atoms with E-state index in [1.54, 1.807) is 0 Å². The zero-order valence-corrected chi connectivity index (χ0v) is 20.7. The second kappa shape index (κ2) is 12.1. The number of hydrogen-bond acceptors (Lipinski definition) is 4. The first kappa shape index (κ1) is 23.6. The second-order valence-electron chi connectivity index (χ2n) is 5.17. The predicted octanol–water partition coefficient (Wildman–Crippen LogP) is 7.41. The molecule has 0 aromatic heterocycles. The zero-order chi connectivity index (χ0) is 19.7. The summed E-state index contributed by atoms with van der Waals surface area (Å²) in [5, 5.41) is 18.1. The van der Waals surface area contributed by atoms with Crippen molar-refractivity contribution in [1.29, 1.82) is 0 Å². The van der Waals surface area contributed by atoms with Gasteiger partial charge in [0.1, 0.15) is 23.0 Å². The number of phenolic OH excluding ortho intramolecular Hbond substituents is 2. The maximum absolute atomic E-state index is 9.04. The molecule has 0 spiro atoms. The summed E-state index contributed by atoms with van der Waals surface area (Å²) in [6, 6.07) is 6.70. The smallest absolute Gasteiger partial charge is 0.134 e. The quantitative estimate of drug-likeness (QED) is 0.331. The van der Waals surface area contributed by atoms with Gasteiger partial charge in [-0.2, -0.15) is 0 Å². The molecule has 0 aliphatic heterocycles. The monoisotopic (exact) mass is 616 g/mol. The largest absolute Gasteiger partial charge is 0.507 e. The minimum Gasteiger partial charge on any atom is -0.507 e. The topological polar surface area (TPSA) is 58.9 Å². The molecular formula is C18H20Br4O4. The Morgan fingerprint density at radius 3 is 1.31 bits per heavy atom. The van der Waals surface area contributed by atoms with Crippen molar-refractivity contribution in [2.24, 2.45) is 0 Å². The van der Waals surface area contributed by atoms with Crippen LogP contribution >= 0.6 is 63.7 Å². The van der Waals surface area contributed by atoms with E-state index in [9.17, 15) is 0 Å². The van der Waals surface area contributed by atoms with E-state index in [4.69, 9.17) is 19.7 Å². The highest BCUT2D eigenvalue weighted by molar-refractivity contribution is 9.11. The van der Waals surface area contributed by atoms with E-state index in [0.717, 1.165) is 46.5 Å². The minimum atomic E-state index is 0.102. The number of halogens is 4. The van der Waals surface area contributed by atoms with Crippen LogP contribution in [0.1, 0.15) is 26.7 Å². The molecular weight excluding hydrogens is 600 g/mol. The fourth-order valence-corrected chi connectivity index (χ4v) is 3.22. The van der Waals surface area contributed by atoms with E-state index >= 15 is 0 Å². The normalized spacial score (nSPS) is 10.1. The van der Waals surface area contributed by atoms with E-state index in [1.165, 1.54) is 12.1 Å². The standard InChI is InChI=1S/C12H16Br2O2.C6H4Br2O2/c1-3-5-15-11-7-10(14)12(8-9(11)13)16-6-4-2;7-3-1-5(9)4(8)2-6(3)10/h7-8H,3-6H2,1-2H3;1-2,9-10H. The van der Waals surface area contributed by atoms with Crippen LogP contribution in [0.15, 0.2) is 42.2 Å². The molecule has 2 N–H and O–H groups in total. The molecule has 144 valence electrons. The summed E-state index contributed by atoms with van der Waals surface area (Å²) >= 11 is 13.1. The molecule has 2 aromatic rings. The molecule has 2 rings (SSSR count). The Bertz CT molecular complexity index is 639. The average molecular weight is 620 g/mol. The molecule has 0 aliphatic rings. The average Bonchev–Trinajstić information content (AvgIpc) is 2.60. The minimum absolute atomic E-state index is 0.102. The summed E-state index contributed by atoms with van der Waals surface area (Å²) in [6.45, 7) is 5.61. The fourth-order valence-electron chi connectivity index (χ4n) is 1.68. The summed E-state index contributed by atoms with van der Waals surface area (Å²) in [7, 11) is 0. The Labute approximate surface area is 187 Å². The predicted molar refractivity (Wildman–Crippen MR) is 119 cm³/mol. The Balaban J connectivity index is 0.000000289. The first-order valence-corrected chi connectivity index (χ1v) is 11.1. The third-order valence-electron chi connectivity index (χ3n) is 2.93. The zero-order valence-electron chi connectivity index (χ0n) is 14.4. The summed E-state index contributed by atoms with van der Waals surface area (Å²) in [4.78, 5) is 0. The number of benzene rings is 2. The van der Waals surface area contributed by atoms with Crippen molar-refractivity contribution in [1.82, 2.24) is 0 Å². The maximum Gasteiger partial charge on any atom is 0.134 e. The van der Waals surface area contributed by atoms with E-state index in [0.29, 0.717) is 8.95 Å². The van der Waals surface area contributed by atoms with Crippen LogP contribution in [0.2, 0.25) is 0 Å². The lowest BCUT2D eigenvalue weighted by atomic mass is 10.3.